The Kier molecular flexibility index (Phi) is 4.36. The minimum Gasteiger partial charge on any atom is -0.497 e. The molecular weight excluding hydrogens is 282 g/mol. The number of methoxy groups -OCH3 is 1. The van der Waals surface area contributed by atoms with E-state index < -0.39 is 5.72 Å². The van der Waals surface area contributed by atoms with Crippen molar-refractivity contribution >= 4 is 5.91 Å². The highest BCUT2D eigenvalue weighted by Gasteiger charge is 2.46. The molecule has 2 aliphatic rings. The van der Waals surface area contributed by atoms with Crippen molar-refractivity contribution in [2.75, 3.05) is 33.5 Å². The molecule has 5 heteroatoms. The van der Waals surface area contributed by atoms with E-state index in [-0.39, 0.29) is 11.8 Å². The summed E-state index contributed by atoms with van der Waals surface area (Å²) in [6.45, 7) is 4.51. The van der Waals surface area contributed by atoms with E-state index in [2.05, 4.69) is 0 Å². The fourth-order valence-corrected chi connectivity index (χ4v) is 3.31. The Morgan fingerprint density at radius 1 is 1.32 bits per heavy atom. The first-order valence-corrected chi connectivity index (χ1v) is 7.83. The number of hydrogen-bond acceptors (Lipinski definition) is 4. The molecule has 5 nitrogen and oxygen atoms in total. The molecule has 120 valence electrons. The van der Waals surface area contributed by atoms with Gasteiger partial charge >= 0.3 is 0 Å². The van der Waals surface area contributed by atoms with Gasteiger partial charge in [0.1, 0.15) is 11.5 Å². The maximum absolute atomic E-state index is 13.0. The number of rotatable bonds is 3. The van der Waals surface area contributed by atoms with Gasteiger partial charge in [0, 0.05) is 19.4 Å². The summed E-state index contributed by atoms with van der Waals surface area (Å²) >= 11 is 0. The molecule has 2 aliphatic heterocycles. The molecule has 22 heavy (non-hydrogen) atoms. The molecule has 0 radical (unpaired) electrons. The van der Waals surface area contributed by atoms with Crippen LogP contribution in [0.5, 0.6) is 5.75 Å². The van der Waals surface area contributed by atoms with Crippen LogP contribution in [0.2, 0.25) is 0 Å². The lowest BCUT2D eigenvalue weighted by Crippen LogP contribution is -2.52. The van der Waals surface area contributed by atoms with Gasteiger partial charge in [-0.2, -0.15) is 0 Å². The van der Waals surface area contributed by atoms with E-state index in [1.54, 1.807) is 7.11 Å². The summed E-state index contributed by atoms with van der Waals surface area (Å²) in [6, 6.07) is 7.71. The van der Waals surface area contributed by atoms with Gasteiger partial charge in [0.25, 0.3) is 0 Å². The lowest BCUT2D eigenvalue weighted by atomic mass is 9.96. The highest BCUT2D eigenvalue weighted by molar-refractivity contribution is 5.84. The molecule has 1 aromatic rings. The van der Waals surface area contributed by atoms with Gasteiger partial charge in [-0.05, 0) is 24.6 Å². The predicted octanol–water partition coefficient (Wildman–Crippen LogP) is 2.16. The first-order valence-electron chi connectivity index (χ1n) is 7.83. The van der Waals surface area contributed by atoms with Crippen LogP contribution in [0.25, 0.3) is 0 Å². The summed E-state index contributed by atoms with van der Waals surface area (Å²) in [5.74, 6) is 0.680. The molecule has 1 atom stereocenters. The molecule has 1 amide bonds. The standard InChI is InChI=1S/C17H23NO4/c1-13(14-4-3-5-15(12-14)20-2)16(19)18-8-11-22-17(18)6-9-21-10-7-17/h3-5,12-13H,6-11H2,1-2H3. The Morgan fingerprint density at radius 2 is 2.09 bits per heavy atom. The van der Waals surface area contributed by atoms with Gasteiger partial charge in [-0.1, -0.05) is 12.1 Å². The average molecular weight is 305 g/mol. The first kappa shape index (κ1) is 15.3. The average Bonchev–Trinajstić information content (AvgIpc) is 2.97. The Bertz CT molecular complexity index is 539. The highest BCUT2D eigenvalue weighted by atomic mass is 16.5. The number of carbonyl (C=O) groups is 1. The molecule has 0 aliphatic carbocycles. The van der Waals surface area contributed by atoms with E-state index in [9.17, 15) is 4.79 Å². The zero-order valence-electron chi connectivity index (χ0n) is 13.2. The van der Waals surface area contributed by atoms with E-state index in [4.69, 9.17) is 14.2 Å². The van der Waals surface area contributed by atoms with Gasteiger partial charge in [0.05, 0.1) is 32.8 Å². The van der Waals surface area contributed by atoms with E-state index in [1.165, 1.54) is 0 Å². The minimum atomic E-state index is -0.456. The van der Waals surface area contributed by atoms with Gasteiger partial charge < -0.3 is 19.1 Å². The van der Waals surface area contributed by atoms with Crippen molar-refractivity contribution in [1.29, 1.82) is 0 Å². The van der Waals surface area contributed by atoms with Crippen LogP contribution in [0, 0.1) is 0 Å². The summed E-state index contributed by atoms with van der Waals surface area (Å²) in [5.41, 5.74) is 0.515. The number of benzene rings is 1. The van der Waals surface area contributed by atoms with E-state index >= 15 is 0 Å². The first-order chi connectivity index (χ1) is 10.7. The van der Waals surface area contributed by atoms with Crippen LogP contribution in [-0.4, -0.2) is 50.0 Å². The number of carbonyl (C=O) groups excluding carboxylic acids is 1. The number of hydrogen-bond donors (Lipinski definition) is 0. The normalized spacial score (nSPS) is 21.8. The SMILES string of the molecule is COc1cccc(C(C)C(=O)N2CCOC23CCOCC3)c1. The molecule has 2 fully saturated rings. The molecule has 2 heterocycles. The van der Waals surface area contributed by atoms with Crippen molar-refractivity contribution < 1.29 is 19.0 Å². The van der Waals surface area contributed by atoms with Gasteiger partial charge in [0.2, 0.25) is 5.91 Å². The zero-order chi connectivity index (χ0) is 15.6. The van der Waals surface area contributed by atoms with Gasteiger partial charge in [-0.15, -0.1) is 0 Å². The topological polar surface area (TPSA) is 48.0 Å². The quantitative estimate of drug-likeness (QED) is 0.858. The van der Waals surface area contributed by atoms with Crippen molar-refractivity contribution in [2.45, 2.75) is 31.4 Å². The molecule has 1 spiro atoms. The smallest absolute Gasteiger partial charge is 0.232 e. The predicted molar refractivity (Wildman–Crippen MR) is 81.9 cm³/mol. The molecule has 0 bridgehead atoms. The molecule has 0 saturated carbocycles. The molecule has 2 saturated heterocycles. The third-order valence-electron chi connectivity index (χ3n) is 4.68. The fourth-order valence-electron chi connectivity index (χ4n) is 3.31. The Balaban J connectivity index is 1.79. The minimum absolute atomic E-state index is 0.118. The largest absolute Gasteiger partial charge is 0.497 e. The van der Waals surface area contributed by atoms with Crippen LogP contribution < -0.4 is 4.74 Å². The third kappa shape index (κ3) is 2.71. The van der Waals surface area contributed by atoms with Crippen LogP contribution >= 0.6 is 0 Å². The molecule has 3 rings (SSSR count). The van der Waals surface area contributed by atoms with E-state index in [0.717, 1.165) is 24.2 Å². The Labute approximate surface area is 131 Å². The van der Waals surface area contributed by atoms with Crippen molar-refractivity contribution in [3.05, 3.63) is 29.8 Å². The molecule has 1 unspecified atom stereocenters. The second-order valence-corrected chi connectivity index (χ2v) is 5.90. The maximum atomic E-state index is 13.0. The van der Waals surface area contributed by atoms with Crippen LogP contribution in [-0.2, 0) is 14.3 Å². The van der Waals surface area contributed by atoms with E-state index in [0.29, 0.717) is 26.4 Å². The molecule has 0 aromatic heterocycles. The molecule has 1 aromatic carbocycles. The number of ether oxygens (including phenoxy) is 3. The van der Waals surface area contributed by atoms with Gasteiger partial charge in [-0.25, -0.2) is 0 Å². The monoisotopic (exact) mass is 305 g/mol. The van der Waals surface area contributed by atoms with Crippen molar-refractivity contribution in [1.82, 2.24) is 4.90 Å². The Morgan fingerprint density at radius 3 is 2.82 bits per heavy atom. The van der Waals surface area contributed by atoms with Crippen molar-refractivity contribution in [2.24, 2.45) is 0 Å². The summed E-state index contributed by atoms with van der Waals surface area (Å²) in [6.07, 6.45) is 1.51. The second-order valence-electron chi connectivity index (χ2n) is 5.90. The van der Waals surface area contributed by atoms with Crippen LogP contribution in [0.1, 0.15) is 31.2 Å². The summed E-state index contributed by atoms with van der Waals surface area (Å²) < 4.78 is 16.6. The summed E-state index contributed by atoms with van der Waals surface area (Å²) in [5, 5.41) is 0. The van der Waals surface area contributed by atoms with E-state index in [1.807, 2.05) is 36.1 Å². The lowest BCUT2D eigenvalue weighted by molar-refractivity contribution is -0.167. The maximum Gasteiger partial charge on any atom is 0.232 e. The summed E-state index contributed by atoms with van der Waals surface area (Å²) in [7, 11) is 1.64. The van der Waals surface area contributed by atoms with Crippen molar-refractivity contribution in [3.63, 3.8) is 0 Å². The van der Waals surface area contributed by atoms with Gasteiger partial charge in [0.15, 0.2) is 0 Å². The number of nitrogens with zero attached hydrogens (tertiary/aromatic N) is 1. The van der Waals surface area contributed by atoms with Crippen LogP contribution in [0.3, 0.4) is 0 Å². The molecule has 0 N–H and O–H groups in total. The van der Waals surface area contributed by atoms with Gasteiger partial charge in [-0.3, -0.25) is 4.79 Å². The second kappa shape index (κ2) is 6.26. The molecular formula is C17H23NO4. The zero-order valence-corrected chi connectivity index (χ0v) is 13.2. The van der Waals surface area contributed by atoms with Crippen LogP contribution in [0.15, 0.2) is 24.3 Å². The fraction of sp³-hybridized carbons (Fsp3) is 0.588. The highest BCUT2D eigenvalue weighted by Crippen LogP contribution is 2.36. The Hall–Kier alpha value is -1.59. The summed E-state index contributed by atoms with van der Waals surface area (Å²) in [4.78, 5) is 14.9. The van der Waals surface area contributed by atoms with Crippen LogP contribution in [0.4, 0.5) is 0 Å². The number of amides is 1. The lowest BCUT2D eigenvalue weighted by Gasteiger charge is -2.40. The van der Waals surface area contributed by atoms with Crippen molar-refractivity contribution in [3.8, 4) is 5.75 Å². The third-order valence-corrected chi connectivity index (χ3v) is 4.68.